The first kappa shape index (κ1) is 25.1. The van der Waals surface area contributed by atoms with Crippen molar-refractivity contribution >= 4 is 16.8 Å². The van der Waals surface area contributed by atoms with Gasteiger partial charge in [0.05, 0.1) is 17.6 Å². The van der Waals surface area contributed by atoms with Crippen molar-refractivity contribution in [2.45, 2.75) is 44.3 Å². The molecule has 198 valence electrons. The summed E-state index contributed by atoms with van der Waals surface area (Å²) in [4.78, 5) is 28.7. The number of carbonyl (C=O) groups excluding carboxylic acids is 1. The van der Waals surface area contributed by atoms with E-state index in [0.717, 1.165) is 53.4 Å². The first-order valence-electron chi connectivity index (χ1n) is 13.8. The molecule has 2 atom stereocenters. The van der Waals surface area contributed by atoms with Crippen molar-refractivity contribution in [2.75, 3.05) is 13.1 Å². The number of hydrogen-bond acceptors (Lipinski definition) is 4. The molecule has 6 rings (SSSR count). The molecule has 0 radical (unpaired) electrons. The van der Waals surface area contributed by atoms with Crippen LogP contribution in [0, 0.1) is 17.2 Å². The Hall–Kier alpha value is -4.15. The number of rotatable bonds is 7. The Labute approximate surface area is 228 Å². The van der Waals surface area contributed by atoms with Gasteiger partial charge in [0, 0.05) is 62.1 Å². The SMILES string of the molecule is Cn1ccc([C@H]2CCNC[C@@H]2C(=O)N(Cc2cn(Cc3cccc(C#N)c3)c3ccccc23)C2CC2)cc1=O. The number of nitrogens with zero attached hydrogens (tertiary/aromatic N) is 4. The molecule has 7 nitrogen and oxygen atoms in total. The average molecular weight is 520 g/mol. The predicted octanol–water partition coefficient (Wildman–Crippen LogP) is 4.14. The van der Waals surface area contributed by atoms with Gasteiger partial charge < -0.3 is 19.4 Å². The van der Waals surface area contributed by atoms with Gasteiger partial charge in [-0.3, -0.25) is 9.59 Å². The average Bonchev–Trinajstić information content (AvgIpc) is 3.76. The van der Waals surface area contributed by atoms with Crippen LogP contribution in [0.15, 0.2) is 77.9 Å². The normalized spacial score (nSPS) is 19.1. The molecule has 1 aliphatic heterocycles. The molecule has 39 heavy (non-hydrogen) atoms. The number of aromatic nitrogens is 2. The Balaban J connectivity index is 1.30. The number of pyridine rings is 1. The standard InChI is InChI=1S/C32H33N5O2/c1-35-14-12-24(16-31(35)38)27-11-13-34-18-29(27)32(39)37(26-9-10-26)21-25-20-36(30-8-3-2-7-28(25)30)19-23-6-4-5-22(15-23)17-33/h2-8,12,14-16,20,26-27,29,34H,9-11,13,18-19,21H2,1H3/t27-,29+/m1/s1. The summed E-state index contributed by atoms with van der Waals surface area (Å²) in [5.74, 6) is 0.00473. The molecule has 1 saturated heterocycles. The quantitative estimate of drug-likeness (QED) is 0.398. The van der Waals surface area contributed by atoms with Crippen LogP contribution in [-0.2, 0) is 24.9 Å². The smallest absolute Gasteiger partial charge is 0.250 e. The van der Waals surface area contributed by atoms with Gasteiger partial charge in [-0.25, -0.2) is 0 Å². The van der Waals surface area contributed by atoms with Gasteiger partial charge in [0.15, 0.2) is 0 Å². The number of para-hydroxylation sites is 1. The van der Waals surface area contributed by atoms with Gasteiger partial charge in [0.25, 0.3) is 5.56 Å². The Morgan fingerprint density at radius 3 is 2.74 bits per heavy atom. The summed E-state index contributed by atoms with van der Waals surface area (Å²) in [7, 11) is 1.75. The van der Waals surface area contributed by atoms with Gasteiger partial charge in [0.2, 0.25) is 5.91 Å². The zero-order valence-corrected chi connectivity index (χ0v) is 22.2. The maximum Gasteiger partial charge on any atom is 0.250 e. The number of carbonyl (C=O) groups is 1. The molecule has 1 saturated carbocycles. The van der Waals surface area contributed by atoms with Crippen molar-refractivity contribution in [3.63, 3.8) is 0 Å². The highest BCUT2D eigenvalue weighted by molar-refractivity contribution is 5.86. The molecule has 2 fully saturated rings. The van der Waals surface area contributed by atoms with Crippen molar-refractivity contribution in [3.05, 3.63) is 106 Å². The second-order valence-corrected chi connectivity index (χ2v) is 10.9. The maximum atomic E-state index is 14.2. The van der Waals surface area contributed by atoms with E-state index in [9.17, 15) is 14.9 Å². The first-order chi connectivity index (χ1) is 19.0. The summed E-state index contributed by atoms with van der Waals surface area (Å²) < 4.78 is 3.80. The second-order valence-electron chi connectivity index (χ2n) is 10.9. The summed E-state index contributed by atoms with van der Waals surface area (Å²) in [6.07, 6.45) is 6.87. The zero-order chi connectivity index (χ0) is 26.9. The van der Waals surface area contributed by atoms with E-state index in [4.69, 9.17) is 0 Å². The van der Waals surface area contributed by atoms with E-state index in [1.165, 1.54) is 0 Å². The molecule has 1 aliphatic carbocycles. The number of nitriles is 1. The Morgan fingerprint density at radius 1 is 1.10 bits per heavy atom. The van der Waals surface area contributed by atoms with E-state index in [1.807, 2.05) is 42.5 Å². The number of nitrogens with one attached hydrogen (secondary N) is 1. The van der Waals surface area contributed by atoms with Gasteiger partial charge in [-0.05, 0) is 72.7 Å². The molecule has 1 amide bonds. The number of piperidine rings is 1. The molecule has 0 unspecified atom stereocenters. The number of benzene rings is 2. The van der Waals surface area contributed by atoms with Crippen molar-refractivity contribution in [2.24, 2.45) is 13.0 Å². The molecule has 7 heteroatoms. The van der Waals surface area contributed by atoms with Gasteiger partial charge in [0.1, 0.15) is 0 Å². The third-order valence-electron chi connectivity index (χ3n) is 8.25. The zero-order valence-electron chi connectivity index (χ0n) is 22.2. The third-order valence-corrected chi connectivity index (χ3v) is 8.25. The predicted molar refractivity (Wildman–Crippen MR) is 151 cm³/mol. The van der Waals surface area contributed by atoms with Crippen LogP contribution >= 0.6 is 0 Å². The molecule has 2 aliphatic rings. The molecule has 4 aromatic rings. The third kappa shape index (κ3) is 5.13. The molecule has 1 N–H and O–H groups in total. The van der Waals surface area contributed by atoms with Gasteiger partial charge in [-0.2, -0.15) is 5.26 Å². The van der Waals surface area contributed by atoms with Crippen molar-refractivity contribution in [3.8, 4) is 6.07 Å². The van der Waals surface area contributed by atoms with E-state index in [-0.39, 0.29) is 29.3 Å². The van der Waals surface area contributed by atoms with Crippen molar-refractivity contribution in [1.82, 2.24) is 19.4 Å². The molecule has 2 aromatic carbocycles. The van der Waals surface area contributed by atoms with Crippen LogP contribution in [0.1, 0.15) is 47.4 Å². The van der Waals surface area contributed by atoms with E-state index in [0.29, 0.717) is 25.2 Å². The van der Waals surface area contributed by atoms with Gasteiger partial charge in [-0.15, -0.1) is 0 Å². The van der Waals surface area contributed by atoms with E-state index in [1.54, 1.807) is 23.9 Å². The number of amides is 1. The van der Waals surface area contributed by atoms with E-state index >= 15 is 0 Å². The minimum absolute atomic E-state index is 0.0302. The maximum absolute atomic E-state index is 14.2. The largest absolute Gasteiger partial charge is 0.343 e. The highest BCUT2D eigenvalue weighted by Gasteiger charge is 2.40. The van der Waals surface area contributed by atoms with Gasteiger partial charge in [-0.1, -0.05) is 30.3 Å². The molecule has 0 spiro atoms. The van der Waals surface area contributed by atoms with Crippen LogP contribution in [0.4, 0.5) is 0 Å². The van der Waals surface area contributed by atoms with E-state index in [2.05, 4.69) is 39.2 Å². The number of aryl methyl sites for hydroxylation is 1. The summed E-state index contributed by atoms with van der Waals surface area (Å²) >= 11 is 0. The van der Waals surface area contributed by atoms with Crippen LogP contribution in [0.25, 0.3) is 10.9 Å². The minimum Gasteiger partial charge on any atom is -0.343 e. The monoisotopic (exact) mass is 519 g/mol. The van der Waals surface area contributed by atoms with Crippen LogP contribution < -0.4 is 10.9 Å². The van der Waals surface area contributed by atoms with Crippen LogP contribution in [-0.4, -0.2) is 39.1 Å². The Morgan fingerprint density at radius 2 is 1.95 bits per heavy atom. The summed E-state index contributed by atoms with van der Waals surface area (Å²) in [6.45, 7) is 2.69. The van der Waals surface area contributed by atoms with E-state index < -0.39 is 0 Å². The lowest BCUT2D eigenvalue weighted by molar-refractivity contribution is -0.138. The molecule has 3 heterocycles. The summed E-state index contributed by atoms with van der Waals surface area (Å²) in [5.41, 5.74) is 4.91. The van der Waals surface area contributed by atoms with Crippen LogP contribution in [0.2, 0.25) is 0 Å². The van der Waals surface area contributed by atoms with Crippen molar-refractivity contribution in [1.29, 1.82) is 5.26 Å². The highest BCUT2D eigenvalue weighted by Crippen LogP contribution is 2.36. The molecular formula is C32H33N5O2. The van der Waals surface area contributed by atoms with Crippen LogP contribution in [0.5, 0.6) is 0 Å². The molecular weight excluding hydrogens is 486 g/mol. The minimum atomic E-state index is -0.200. The fourth-order valence-corrected chi connectivity index (χ4v) is 6.00. The summed E-state index contributed by atoms with van der Waals surface area (Å²) in [6, 6.07) is 22.2. The topological polar surface area (TPSA) is 83.1 Å². The fraction of sp³-hybridized carbons (Fsp3) is 0.344. The first-order valence-corrected chi connectivity index (χ1v) is 13.8. The van der Waals surface area contributed by atoms with Gasteiger partial charge >= 0.3 is 0 Å². The lowest BCUT2D eigenvalue weighted by Gasteiger charge is -2.35. The molecule has 0 bridgehead atoms. The fourth-order valence-electron chi connectivity index (χ4n) is 6.00. The number of fused-ring (bicyclic) bond motifs is 1. The second kappa shape index (κ2) is 10.5. The number of hydrogen-bond donors (Lipinski definition) is 1. The lowest BCUT2D eigenvalue weighted by Crippen LogP contribution is -2.47. The summed E-state index contributed by atoms with van der Waals surface area (Å²) in [5, 5.41) is 13.9. The Kier molecular flexibility index (Phi) is 6.80. The Bertz CT molecular complexity index is 1620. The van der Waals surface area contributed by atoms with Crippen molar-refractivity contribution < 1.29 is 4.79 Å². The molecule has 2 aromatic heterocycles. The highest BCUT2D eigenvalue weighted by atomic mass is 16.2. The van der Waals surface area contributed by atoms with Crippen LogP contribution in [0.3, 0.4) is 0 Å². The lowest BCUT2D eigenvalue weighted by atomic mass is 9.80.